The smallest absolute Gasteiger partial charge is 0.348 e. The van der Waals surface area contributed by atoms with Crippen molar-refractivity contribution in [3.05, 3.63) is 47.5 Å². The summed E-state index contributed by atoms with van der Waals surface area (Å²) in [6.07, 6.45) is 9.88. The molecule has 29 heavy (non-hydrogen) atoms. The van der Waals surface area contributed by atoms with Crippen LogP contribution in [-0.4, -0.2) is 29.5 Å². The summed E-state index contributed by atoms with van der Waals surface area (Å²) in [7, 11) is 0. The summed E-state index contributed by atoms with van der Waals surface area (Å²) in [5, 5.41) is 12.3. The number of ether oxygens (including phenoxy) is 4. The summed E-state index contributed by atoms with van der Waals surface area (Å²) in [5.41, 5.74) is -0.477. The largest absolute Gasteiger partial charge is 0.574 e. The van der Waals surface area contributed by atoms with Gasteiger partial charge in [-0.1, -0.05) is 31.6 Å². The molecule has 3 rings (SSSR count). The molecule has 2 heterocycles. The molecular weight excluding hydrogens is 380 g/mol. The van der Waals surface area contributed by atoms with Gasteiger partial charge in [-0.15, -0.1) is 0 Å². The van der Waals surface area contributed by atoms with E-state index in [1.54, 1.807) is 0 Å². The second-order valence-corrected chi connectivity index (χ2v) is 7.65. The second kappa shape index (κ2) is 7.77. The van der Waals surface area contributed by atoms with Crippen LogP contribution in [0.1, 0.15) is 46.5 Å². The van der Waals surface area contributed by atoms with E-state index in [4.69, 9.17) is 18.9 Å². The van der Waals surface area contributed by atoms with E-state index in [0.717, 1.165) is 19.3 Å². The highest BCUT2D eigenvalue weighted by Gasteiger charge is 2.43. The molecule has 2 unspecified atom stereocenters. The van der Waals surface area contributed by atoms with E-state index in [-0.39, 0.29) is 17.1 Å². The molecule has 2 aliphatic heterocycles. The van der Waals surface area contributed by atoms with Gasteiger partial charge in [0.15, 0.2) is 5.79 Å². The molecule has 0 radical (unpaired) electrons. The number of cyclic esters (lactones) is 2. The fourth-order valence-electron chi connectivity index (χ4n) is 3.42. The topological polar surface area (TPSA) is 111 Å². The first-order chi connectivity index (χ1) is 13.6. The number of rotatable bonds is 3. The van der Waals surface area contributed by atoms with E-state index in [0.29, 0.717) is 6.42 Å². The molecule has 0 aromatic rings. The van der Waals surface area contributed by atoms with Crippen LogP contribution in [0.2, 0.25) is 0 Å². The van der Waals surface area contributed by atoms with Gasteiger partial charge in [0.2, 0.25) is 0 Å². The highest BCUT2D eigenvalue weighted by atomic mass is 16.8. The zero-order chi connectivity index (χ0) is 21.2. The minimum Gasteiger partial charge on any atom is -0.574 e. The van der Waals surface area contributed by atoms with Crippen LogP contribution >= 0.6 is 0 Å². The first-order valence-electron chi connectivity index (χ1n) is 9.49. The molecule has 1 saturated heterocycles. The second-order valence-electron chi connectivity index (χ2n) is 7.65. The molecule has 156 valence electrons. The Bertz CT molecular complexity index is 823. The monoisotopic (exact) mass is 403 g/mol. The molecule has 2 fully saturated rings. The Hall–Kier alpha value is -3.03. The van der Waals surface area contributed by atoms with E-state index < -0.39 is 35.4 Å². The predicted molar refractivity (Wildman–Crippen MR) is 97.2 cm³/mol. The van der Waals surface area contributed by atoms with Crippen LogP contribution in [0, 0.1) is 5.92 Å². The molecule has 0 N–H and O–H groups in total. The maximum atomic E-state index is 12.3. The van der Waals surface area contributed by atoms with E-state index in [2.05, 4.69) is 0 Å². The van der Waals surface area contributed by atoms with Crippen molar-refractivity contribution in [2.45, 2.75) is 58.0 Å². The van der Waals surface area contributed by atoms with Crippen molar-refractivity contribution >= 4 is 17.9 Å². The van der Waals surface area contributed by atoms with E-state index in [1.807, 2.05) is 6.92 Å². The van der Waals surface area contributed by atoms with Crippen molar-refractivity contribution in [2.24, 2.45) is 5.92 Å². The van der Waals surface area contributed by atoms with Crippen molar-refractivity contribution in [3.63, 3.8) is 0 Å². The highest BCUT2D eigenvalue weighted by molar-refractivity contribution is 6.15. The van der Waals surface area contributed by atoms with Gasteiger partial charge in [-0.05, 0) is 31.4 Å². The van der Waals surface area contributed by atoms with Crippen molar-refractivity contribution in [3.8, 4) is 0 Å². The molecular formula is C21H23O8-. The summed E-state index contributed by atoms with van der Waals surface area (Å²) in [4.78, 5) is 36.0. The van der Waals surface area contributed by atoms with Gasteiger partial charge in [0.05, 0.1) is 11.5 Å². The lowest BCUT2D eigenvalue weighted by Crippen LogP contribution is -2.50. The van der Waals surface area contributed by atoms with Gasteiger partial charge in [0, 0.05) is 19.8 Å². The van der Waals surface area contributed by atoms with Gasteiger partial charge in [0.25, 0.3) is 5.79 Å². The Balaban J connectivity index is 1.68. The third-order valence-electron chi connectivity index (χ3n) is 5.00. The average Bonchev–Trinajstić information content (AvgIpc) is 2.60. The summed E-state index contributed by atoms with van der Waals surface area (Å²) in [5.74, 6) is -5.55. The fraction of sp³-hybridized carbons (Fsp3) is 0.476. The average molecular weight is 403 g/mol. The zero-order valence-corrected chi connectivity index (χ0v) is 16.6. The SMILES string of the molecule is CC1CCCCC12OC(=O)C(/C=C/C=C/C=C1C(=O)OC(C)(C)OC1=O)=C([O-])O2. The third kappa shape index (κ3) is 4.36. The Morgan fingerprint density at radius 1 is 0.931 bits per heavy atom. The number of esters is 3. The van der Waals surface area contributed by atoms with E-state index in [9.17, 15) is 19.5 Å². The van der Waals surface area contributed by atoms with E-state index >= 15 is 0 Å². The minimum absolute atomic E-state index is 0.0545. The number of hydrogen-bond acceptors (Lipinski definition) is 8. The normalized spacial score (nSPS) is 29.7. The molecule has 1 saturated carbocycles. The molecule has 0 amide bonds. The Kier molecular flexibility index (Phi) is 5.55. The van der Waals surface area contributed by atoms with E-state index in [1.165, 1.54) is 44.2 Å². The lowest BCUT2D eigenvalue weighted by Gasteiger charge is -2.50. The maximum Gasteiger partial charge on any atom is 0.348 e. The number of hydrogen-bond donors (Lipinski definition) is 0. The number of allylic oxidation sites excluding steroid dienone is 4. The van der Waals surface area contributed by atoms with Crippen LogP contribution in [0.4, 0.5) is 0 Å². The van der Waals surface area contributed by atoms with Gasteiger partial charge >= 0.3 is 17.9 Å². The molecule has 1 spiro atoms. The number of carbonyl (C=O) groups excluding carboxylic acids is 3. The van der Waals surface area contributed by atoms with Gasteiger partial charge in [-0.3, -0.25) is 0 Å². The van der Waals surface area contributed by atoms with Crippen molar-refractivity contribution in [1.82, 2.24) is 0 Å². The van der Waals surface area contributed by atoms with Gasteiger partial charge in [-0.25, -0.2) is 14.4 Å². The summed E-state index contributed by atoms with van der Waals surface area (Å²) in [6, 6.07) is 0. The van der Waals surface area contributed by atoms with Crippen molar-refractivity contribution < 1.29 is 38.4 Å². The van der Waals surface area contributed by atoms with Crippen molar-refractivity contribution in [1.29, 1.82) is 0 Å². The minimum atomic E-state index is -1.30. The van der Waals surface area contributed by atoms with Crippen LogP contribution in [0.5, 0.6) is 0 Å². The van der Waals surface area contributed by atoms with Crippen LogP contribution in [0.3, 0.4) is 0 Å². The first kappa shape index (κ1) is 20.7. The summed E-state index contributed by atoms with van der Waals surface area (Å²) >= 11 is 0. The summed E-state index contributed by atoms with van der Waals surface area (Å²) in [6.45, 7) is 4.81. The molecule has 1 aliphatic carbocycles. The Morgan fingerprint density at radius 2 is 1.62 bits per heavy atom. The molecule has 3 aliphatic rings. The lowest BCUT2D eigenvalue weighted by molar-refractivity contribution is -0.407. The third-order valence-corrected chi connectivity index (χ3v) is 5.00. The summed E-state index contributed by atoms with van der Waals surface area (Å²) < 4.78 is 20.9. The highest BCUT2D eigenvalue weighted by Crippen LogP contribution is 2.41. The molecule has 0 aromatic carbocycles. The van der Waals surface area contributed by atoms with Crippen molar-refractivity contribution in [2.75, 3.05) is 0 Å². The Labute approximate surface area is 168 Å². The van der Waals surface area contributed by atoms with Crippen LogP contribution in [0.25, 0.3) is 0 Å². The lowest BCUT2D eigenvalue weighted by atomic mass is 9.84. The van der Waals surface area contributed by atoms with Crippen LogP contribution in [-0.2, 0) is 33.3 Å². The fourth-order valence-corrected chi connectivity index (χ4v) is 3.42. The molecule has 0 bridgehead atoms. The quantitative estimate of drug-likeness (QED) is 0.304. The molecule has 0 aromatic heterocycles. The van der Waals surface area contributed by atoms with Gasteiger partial charge < -0.3 is 24.1 Å². The van der Waals surface area contributed by atoms with Gasteiger partial charge in [0.1, 0.15) is 5.57 Å². The van der Waals surface area contributed by atoms with Gasteiger partial charge in [-0.2, -0.15) is 0 Å². The zero-order valence-electron chi connectivity index (χ0n) is 16.6. The Morgan fingerprint density at radius 3 is 2.24 bits per heavy atom. The molecule has 8 nitrogen and oxygen atoms in total. The molecule has 2 atom stereocenters. The molecule has 8 heteroatoms. The standard InChI is InChI=1S/C21H24O8/c1-13-9-7-8-12-21(13)28-18(24)15(19(25)29-21)11-6-4-5-10-14-16(22)26-20(2,3)27-17(14)23/h4-6,10-11,13,24H,7-9,12H2,1-3H3/p-1/b5-4+,11-6+. The van der Waals surface area contributed by atoms with Crippen LogP contribution < -0.4 is 5.11 Å². The maximum absolute atomic E-state index is 12.3. The number of carbonyl (C=O) groups is 3. The predicted octanol–water partition coefficient (Wildman–Crippen LogP) is 1.91. The first-order valence-corrected chi connectivity index (χ1v) is 9.49. The van der Waals surface area contributed by atoms with Crippen LogP contribution in [0.15, 0.2) is 47.5 Å².